The van der Waals surface area contributed by atoms with E-state index >= 15 is 0 Å². The van der Waals surface area contributed by atoms with Gasteiger partial charge in [-0.3, -0.25) is 9.48 Å². The van der Waals surface area contributed by atoms with Crippen molar-refractivity contribution in [3.8, 4) is 11.1 Å². The number of likely N-dealkylation sites (N-methyl/N-ethyl adjacent to an activating group) is 1. The third-order valence-corrected chi connectivity index (χ3v) is 5.79. The number of amides is 1. The summed E-state index contributed by atoms with van der Waals surface area (Å²) in [5.41, 5.74) is 5.21. The van der Waals surface area contributed by atoms with Crippen molar-refractivity contribution in [3.05, 3.63) is 60.0 Å². The Morgan fingerprint density at radius 1 is 1.23 bits per heavy atom. The van der Waals surface area contributed by atoms with E-state index in [1.54, 1.807) is 6.92 Å². The molecule has 0 saturated heterocycles. The molecule has 7 heteroatoms. The Labute approximate surface area is 183 Å². The Morgan fingerprint density at radius 2 is 2.06 bits per heavy atom. The molecule has 7 nitrogen and oxygen atoms in total. The lowest BCUT2D eigenvalue weighted by molar-refractivity contribution is -0.117. The lowest BCUT2D eigenvalue weighted by atomic mass is 9.89. The zero-order valence-electron chi connectivity index (χ0n) is 18.6. The Morgan fingerprint density at radius 3 is 2.81 bits per heavy atom. The second-order valence-electron chi connectivity index (χ2n) is 8.20. The molecule has 4 rings (SSSR count). The molecule has 31 heavy (non-hydrogen) atoms. The van der Waals surface area contributed by atoms with Gasteiger partial charge >= 0.3 is 0 Å². The molecule has 2 unspecified atom stereocenters. The summed E-state index contributed by atoms with van der Waals surface area (Å²) < 4.78 is 1.95. The molecule has 0 bridgehead atoms. The number of hydrogen-bond donors (Lipinski definition) is 2. The minimum atomic E-state index is 0.0634. The van der Waals surface area contributed by atoms with Gasteiger partial charge in [0.15, 0.2) is 0 Å². The van der Waals surface area contributed by atoms with Gasteiger partial charge in [0.25, 0.3) is 0 Å². The third kappa shape index (κ3) is 4.46. The summed E-state index contributed by atoms with van der Waals surface area (Å²) in [7, 11) is 1.94. The SMILES string of the molecule is CNCCn1cc(-c2ccc3c(c2)C(Nc2cccc(C)n2)CC(C)N3C(C)=O)cn1. The molecular weight excluding hydrogens is 388 g/mol. The van der Waals surface area contributed by atoms with Gasteiger partial charge in [0, 0.05) is 42.7 Å². The fraction of sp³-hybridized carbons (Fsp3) is 0.375. The van der Waals surface area contributed by atoms with Crippen LogP contribution >= 0.6 is 0 Å². The van der Waals surface area contributed by atoms with E-state index in [1.165, 1.54) is 0 Å². The fourth-order valence-corrected chi connectivity index (χ4v) is 4.32. The predicted molar refractivity (Wildman–Crippen MR) is 124 cm³/mol. The summed E-state index contributed by atoms with van der Waals surface area (Å²) in [6.07, 6.45) is 4.78. The van der Waals surface area contributed by atoms with Crippen LogP contribution in [0.3, 0.4) is 0 Å². The number of carbonyl (C=O) groups excluding carboxylic acids is 1. The van der Waals surface area contributed by atoms with Gasteiger partial charge in [0.2, 0.25) is 5.91 Å². The molecule has 3 aromatic rings. The molecule has 162 valence electrons. The minimum absolute atomic E-state index is 0.0634. The molecule has 0 spiro atoms. The number of anilines is 2. The van der Waals surface area contributed by atoms with Crippen molar-refractivity contribution in [2.45, 2.75) is 45.8 Å². The van der Waals surface area contributed by atoms with Gasteiger partial charge in [-0.1, -0.05) is 12.1 Å². The predicted octanol–water partition coefficient (Wildman–Crippen LogP) is 3.77. The van der Waals surface area contributed by atoms with Gasteiger partial charge in [-0.15, -0.1) is 0 Å². The van der Waals surface area contributed by atoms with Gasteiger partial charge in [0.1, 0.15) is 5.82 Å². The number of aromatic nitrogens is 3. The first-order valence-electron chi connectivity index (χ1n) is 10.8. The summed E-state index contributed by atoms with van der Waals surface area (Å²) in [6, 6.07) is 12.5. The van der Waals surface area contributed by atoms with E-state index in [1.807, 2.05) is 47.9 Å². The number of rotatable bonds is 6. The highest BCUT2D eigenvalue weighted by molar-refractivity contribution is 5.94. The summed E-state index contributed by atoms with van der Waals surface area (Å²) in [4.78, 5) is 18.9. The van der Waals surface area contributed by atoms with Crippen LogP contribution in [0, 0.1) is 6.92 Å². The maximum Gasteiger partial charge on any atom is 0.224 e. The van der Waals surface area contributed by atoms with Gasteiger partial charge in [-0.05, 0) is 62.7 Å². The molecule has 1 aliphatic rings. The van der Waals surface area contributed by atoms with Crippen molar-refractivity contribution in [1.82, 2.24) is 20.1 Å². The molecule has 0 aliphatic carbocycles. The lowest BCUT2D eigenvalue weighted by Crippen LogP contribution is -2.43. The van der Waals surface area contributed by atoms with Crippen molar-refractivity contribution < 1.29 is 4.79 Å². The Bertz CT molecular complexity index is 1080. The van der Waals surface area contributed by atoms with E-state index in [-0.39, 0.29) is 18.0 Å². The van der Waals surface area contributed by atoms with Gasteiger partial charge in [0.05, 0.1) is 18.8 Å². The second kappa shape index (κ2) is 8.89. The van der Waals surface area contributed by atoms with E-state index < -0.39 is 0 Å². The van der Waals surface area contributed by atoms with Crippen LogP contribution < -0.4 is 15.5 Å². The average molecular weight is 419 g/mol. The first-order valence-corrected chi connectivity index (χ1v) is 10.8. The van der Waals surface area contributed by atoms with Crippen LogP contribution in [0.5, 0.6) is 0 Å². The zero-order valence-corrected chi connectivity index (χ0v) is 18.6. The van der Waals surface area contributed by atoms with Gasteiger partial charge in [-0.2, -0.15) is 5.10 Å². The number of aryl methyl sites for hydroxylation is 1. The Balaban J connectivity index is 1.71. The number of nitrogens with one attached hydrogen (secondary N) is 2. The fourth-order valence-electron chi connectivity index (χ4n) is 4.32. The highest BCUT2D eigenvalue weighted by atomic mass is 16.2. The number of carbonyl (C=O) groups is 1. The van der Waals surface area contributed by atoms with Crippen LogP contribution in [0.4, 0.5) is 11.5 Å². The molecule has 2 N–H and O–H groups in total. The summed E-state index contributed by atoms with van der Waals surface area (Å²) >= 11 is 0. The highest BCUT2D eigenvalue weighted by Crippen LogP contribution is 2.40. The molecule has 0 fully saturated rings. The Hall–Kier alpha value is -3.19. The van der Waals surface area contributed by atoms with E-state index in [2.05, 4.69) is 52.0 Å². The normalized spacial score (nSPS) is 18.0. The van der Waals surface area contributed by atoms with E-state index in [4.69, 9.17) is 0 Å². The number of pyridine rings is 1. The molecular formula is C24H30N6O. The monoisotopic (exact) mass is 418 g/mol. The minimum Gasteiger partial charge on any atom is -0.363 e. The van der Waals surface area contributed by atoms with Gasteiger partial charge < -0.3 is 15.5 Å². The molecule has 0 radical (unpaired) electrons. The standard InChI is InChI=1S/C24H30N6O/c1-16-6-5-7-24(27-16)28-22-12-17(2)30(18(3)31)23-9-8-19(13-21(22)23)20-14-26-29(15-20)11-10-25-4/h5-9,13-15,17,22,25H,10-12H2,1-4H3,(H,27,28). The molecule has 2 atom stereocenters. The molecule has 3 heterocycles. The van der Waals surface area contributed by atoms with Crippen LogP contribution in [-0.2, 0) is 11.3 Å². The van der Waals surface area contributed by atoms with Crippen molar-refractivity contribution >= 4 is 17.4 Å². The van der Waals surface area contributed by atoms with Gasteiger partial charge in [-0.25, -0.2) is 4.98 Å². The summed E-state index contributed by atoms with van der Waals surface area (Å²) in [5, 5.41) is 11.2. The van der Waals surface area contributed by atoms with Crippen molar-refractivity contribution in [3.63, 3.8) is 0 Å². The maximum atomic E-state index is 12.4. The van der Waals surface area contributed by atoms with Crippen molar-refractivity contribution in [2.75, 3.05) is 23.8 Å². The van der Waals surface area contributed by atoms with Crippen molar-refractivity contribution in [1.29, 1.82) is 0 Å². The summed E-state index contributed by atoms with van der Waals surface area (Å²) in [5.74, 6) is 0.915. The smallest absolute Gasteiger partial charge is 0.224 e. The van der Waals surface area contributed by atoms with Crippen molar-refractivity contribution in [2.24, 2.45) is 0 Å². The first-order chi connectivity index (χ1) is 15.0. The molecule has 1 aromatic carbocycles. The highest BCUT2D eigenvalue weighted by Gasteiger charge is 2.32. The van der Waals surface area contributed by atoms with E-state index in [0.717, 1.165) is 53.4 Å². The first kappa shape index (κ1) is 21.1. The average Bonchev–Trinajstić information content (AvgIpc) is 3.21. The quantitative estimate of drug-likeness (QED) is 0.637. The summed E-state index contributed by atoms with van der Waals surface area (Å²) in [6.45, 7) is 7.41. The molecule has 2 aromatic heterocycles. The molecule has 0 saturated carbocycles. The lowest BCUT2D eigenvalue weighted by Gasteiger charge is -2.39. The van der Waals surface area contributed by atoms with E-state index in [0.29, 0.717) is 0 Å². The molecule has 1 amide bonds. The largest absolute Gasteiger partial charge is 0.363 e. The number of hydrogen-bond acceptors (Lipinski definition) is 5. The topological polar surface area (TPSA) is 75.1 Å². The van der Waals surface area contributed by atoms with Crippen LogP contribution in [0.15, 0.2) is 48.8 Å². The zero-order chi connectivity index (χ0) is 22.0. The van der Waals surface area contributed by atoms with E-state index in [9.17, 15) is 4.79 Å². The number of fused-ring (bicyclic) bond motifs is 1. The number of benzene rings is 1. The maximum absolute atomic E-state index is 12.4. The van der Waals surface area contributed by atoms with Crippen LogP contribution in [0.1, 0.15) is 37.6 Å². The van der Waals surface area contributed by atoms with Crippen LogP contribution in [0.25, 0.3) is 11.1 Å². The Kier molecular flexibility index (Phi) is 6.04. The third-order valence-electron chi connectivity index (χ3n) is 5.79. The van der Waals surface area contributed by atoms with Crippen LogP contribution in [0.2, 0.25) is 0 Å². The molecule has 1 aliphatic heterocycles. The second-order valence-corrected chi connectivity index (χ2v) is 8.20. The number of nitrogens with zero attached hydrogens (tertiary/aromatic N) is 4. The van der Waals surface area contributed by atoms with Crippen LogP contribution in [-0.4, -0.2) is 40.3 Å².